The second kappa shape index (κ2) is 18.3. The van der Waals surface area contributed by atoms with E-state index in [2.05, 4.69) is 28.6 Å². The molecule has 0 aliphatic rings. The Morgan fingerprint density at radius 1 is 0.769 bits per heavy atom. The van der Waals surface area contributed by atoms with E-state index in [1.165, 1.54) is 0 Å². The summed E-state index contributed by atoms with van der Waals surface area (Å²) >= 11 is 4.17. The molecular formula is C25H42N8O5S. The zero-order chi connectivity index (χ0) is 29.4. The number of hydrogen-bond acceptors (Lipinski definition) is 10. The average Bonchev–Trinajstić information content (AvgIpc) is 2.94. The fraction of sp³-hybridized carbons (Fsp3) is 0.560. The Morgan fingerprint density at radius 2 is 1.38 bits per heavy atom. The van der Waals surface area contributed by atoms with Crippen LogP contribution in [0.4, 0.5) is 0 Å². The summed E-state index contributed by atoms with van der Waals surface area (Å²) in [5.41, 5.74) is 28.2. The van der Waals surface area contributed by atoms with Crippen molar-refractivity contribution in [2.45, 2.75) is 56.3 Å². The summed E-state index contributed by atoms with van der Waals surface area (Å²) in [6, 6.07) is 3.57. The van der Waals surface area contributed by atoms with Crippen LogP contribution in [0, 0.1) is 5.92 Å². The van der Waals surface area contributed by atoms with Gasteiger partial charge in [-0.1, -0.05) is 30.3 Å². The normalized spacial score (nSPS) is 14.8. The van der Waals surface area contributed by atoms with E-state index in [1.54, 1.807) is 30.3 Å². The first-order chi connectivity index (χ1) is 18.6. The molecule has 1 aromatic rings. The average molecular weight is 567 g/mol. The quantitative estimate of drug-likeness (QED) is 0.0487. The van der Waals surface area contributed by atoms with E-state index in [-0.39, 0.29) is 31.7 Å². The van der Waals surface area contributed by atoms with Gasteiger partial charge in [-0.15, -0.1) is 0 Å². The highest BCUT2D eigenvalue weighted by atomic mass is 32.1. The molecular weight excluding hydrogens is 524 g/mol. The van der Waals surface area contributed by atoms with Gasteiger partial charge in [0.1, 0.15) is 18.1 Å². The van der Waals surface area contributed by atoms with E-state index in [1.807, 2.05) is 0 Å². The number of Topliss-reactive ketones (excluding diaryl/α,β-unsaturated/α-hetero) is 1. The minimum Gasteiger partial charge on any atom is -0.368 e. The second-order valence-corrected chi connectivity index (χ2v) is 9.45. The first-order valence-corrected chi connectivity index (χ1v) is 13.5. The maximum absolute atomic E-state index is 13.5. The van der Waals surface area contributed by atoms with Crippen LogP contribution in [0.1, 0.15) is 42.5 Å². The molecule has 13 N–H and O–H groups in total. The predicted molar refractivity (Wildman–Crippen MR) is 151 cm³/mol. The van der Waals surface area contributed by atoms with Crippen molar-refractivity contribution in [3.63, 3.8) is 0 Å². The molecule has 0 saturated carbocycles. The van der Waals surface area contributed by atoms with Crippen molar-refractivity contribution in [1.82, 2.24) is 16.0 Å². The van der Waals surface area contributed by atoms with Crippen LogP contribution in [0.5, 0.6) is 0 Å². The topological polar surface area (TPSA) is 252 Å². The molecule has 14 heteroatoms. The first kappa shape index (κ1) is 34.0. The number of unbranched alkanes of at least 4 members (excludes halogenated alkanes) is 1. The van der Waals surface area contributed by atoms with Crippen LogP contribution < -0.4 is 44.6 Å². The molecule has 5 atom stereocenters. The summed E-state index contributed by atoms with van der Waals surface area (Å²) in [7, 11) is 0. The summed E-state index contributed by atoms with van der Waals surface area (Å²) in [6.07, 6.45) is 2.02. The first-order valence-electron chi connectivity index (χ1n) is 12.9. The fourth-order valence-corrected chi connectivity index (χ4v) is 4.08. The highest BCUT2D eigenvalue weighted by molar-refractivity contribution is 7.80. The van der Waals surface area contributed by atoms with Gasteiger partial charge in [-0.2, -0.15) is 12.6 Å². The molecule has 0 heterocycles. The Bertz CT molecular complexity index is 952. The zero-order valence-corrected chi connectivity index (χ0v) is 22.9. The van der Waals surface area contributed by atoms with Gasteiger partial charge in [0, 0.05) is 17.9 Å². The lowest BCUT2D eigenvalue weighted by atomic mass is 9.86. The highest BCUT2D eigenvalue weighted by Crippen LogP contribution is 2.19. The predicted octanol–water partition coefficient (Wildman–Crippen LogP) is -2.49. The molecule has 218 valence electrons. The molecule has 1 rings (SSSR count). The van der Waals surface area contributed by atoms with Crippen molar-refractivity contribution >= 4 is 42.0 Å². The van der Waals surface area contributed by atoms with Crippen molar-refractivity contribution in [3.05, 3.63) is 35.9 Å². The van der Waals surface area contributed by atoms with Gasteiger partial charge < -0.3 is 44.6 Å². The summed E-state index contributed by atoms with van der Waals surface area (Å²) in [5.74, 6) is -4.56. The third-order valence-electron chi connectivity index (χ3n) is 6.11. The van der Waals surface area contributed by atoms with Crippen LogP contribution >= 0.6 is 12.6 Å². The van der Waals surface area contributed by atoms with E-state index in [9.17, 15) is 24.0 Å². The van der Waals surface area contributed by atoms with Crippen LogP contribution in [-0.2, 0) is 19.2 Å². The summed E-state index contributed by atoms with van der Waals surface area (Å²) in [6.45, 7) is 0.465. The Labute approximate surface area is 234 Å². The number of ketones is 1. The number of hydrogen-bond donors (Lipinski definition) is 9. The zero-order valence-electron chi connectivity index (χ0n) is 22.0. The number of nitrogens with two attached hydrogens (primary N) is 5. The van der Waals surface area contributed by atoms with Gasteiger partial charge >= 0.3 is 0 Å². The van der Waals surface area contributed by atoms with E-state index >= 15 is 0 Å². The lowest BCUT2D eigenvalue weighted by molar-refractivity contribution is -0.133. The van der Waals surface area contributed by atoms with Crippen LogP contribution in [0.15, 0.2) is 30.3 Å². The van der Waals surface area contributed by atoms with E-state index in [0.29, 0.717) is 31.4 Å². The Balaban J connectivity index is 3.25. The van der Waals surface area contributed by atoms with Crippen molar-refractivity contribution in [2.75, 3.05) is 25.4 Å². The Hall–Kier alpha value is -3.04. The molecule has 0 aliphatic carbocycles. The molecule has 0 radical (unpaired) electrons. The van der Waals surface area contributed by atoms with E-state index in [4.69, 9.17) is 28.7 Å². The van der Waals surface area contributed by atoms with Gasteiger partial charge in [0.05, 0.1) is 12.0 Å². The highest BCUT2D eigenvalue weighted by Gasteiger charge is 2.37. The van der Waals surface area contributed by atoms with Gasteiger partial charge in [-0.3, -0.25) is 24.0 Å². The number of thiol groups is 1. The standard InChI is InChI=1S/C25H42N8O5S/c26-11-5-4-10-18(22(30)35)31-24(37)19(14-39)32-25(38)20(33-23(36)17(29)13-28)16(9-6-12-27)21(34)15-7-2-1-3-8-15/h1-3,7-8,16-20,39H,4-6,9-14,26-29H2,(H2,30,35)(H,31,37)(H,32,38)(H,33,36)/t16-,17?,18-,19-,20-/m0/s1. The van der Waals surface area contributed by atoms with Crippen molar-refractivity contribution < 1.29 is 24.0 Å². The molecule has 0 aromatic heterocycles. The molecule has 0 saturated heterocycles. The third-order valence-corrected chi connectivity index (χ3v) is 6.48. The van der Waals surface area contributed by atoms with Crippen molar-refractivity contribution in [2.24, 2.45) is 34.6 Å². The van der Waals surface area contributed by atoms with Gasteiger partial charge in [0.15, 0.2) is 5.78 Å². The Kier molecular flexibility index (Phi) is 15.9. The second-order valence-electron chi connectivity index (χ2n) is 9.09. The molecule has 1 unspecified atom stereocenters. The number of nitrogens with one attached hydrogen (secondary N) is 3. The SMILES string of the molecule is NCCCC[C@H](NC(=O)[C@H](CS)NC(=O)[C@@H](NC(=O)C(N)CN)[C@H](CCCN)C(=O)c1ccccc1)C(N)=O. The number of carbonyl (C=O) groups is 5. The molecule has 13 nitrogen and oxygen atoms in total. The van der Waals surface area contributed by atoms with Gasteiger partial charge in [-0.05, 0) is 45.2 Å². The molecule has 0 bridgehead atoms. The monoisotopic (exact) mass is 566 g/mol. The largest absolute Gasteiger partial charge is 0.368 e. The van der Waals surface area contributed by atoms with Crippen LogP contribution in [-0.4, -0.2) is 79.0 Å². The van der Waals surface area contributed by atoms with Crippen LogP contribution in [0.3, 0.4) is 0 Å². The molecule has 0 fully saturated rings. The van der Waals surface area contributed by atoms with Crippen LogP contribution in [0.2, 0.25) is 0 Å². The maximum atomic E-state index is 13.5. The van der Waals surface area contributed by atoms with Crippen molar-refractivity contribution in [1.29, 1.82) is 0 Å². The minimum atomic E-state index is -1.40. The minimum absolute atomic E-state index is 0.144. The number of primary amides is 1. The number of carbonyl (C=O) groups excluding carboxylic acids is 5. The third kappa shape index (κ3) is 11.3. The van der Waals surface area contributed by atoms with Crippen LogP contribution in [0.25, 0.3) is 0 Å². The summed E-state index contributed by atoms with van der Waals surface area (Å²) < 4.78 is 0. The smallest absolute Gasteiger partial charge is 0.244 e. The molecule has 4 amide bonds. The van der Waals surface area contributed by atoms with Gasteiger partial charge in [0.25, 0.3) is 0 Å². The summed E-state index contributed by atoms with van der Waals surface area (Å²) in [5, 5.41) is 7.59. The van der Waals surface area contributed by atoms with Gasteiger partial charge in [-0.25, -0.2) is 0 Å². The van der Waals surface area contributed by atoms with E-state index < -0.39 is 59.5 Å². The number of amides is 4. The molecule has 39 heavy (non-hydrogen) atoms. The molecule has 0 spiro atoms. The molecule has 1 aromatic carbocycles. The maximum Gasteiger partial charge on any atom is 0.244 e. The Morgan fingerprint density at radius 3 is 1.92 bits per heavy atom. The fourth-order valence-electron chi connectivity index (χ4n) is 3.83. The van der Waals surface area contributed by atoms with Crippen molar-refractivity contribution in [3.8, 4) is 0 Å². The number of benzene rings is 1. The van der Waals surface area contributed by atoms with Gasteiger partial charge in [0.2, 0.25) is 23.6 Å². The number of rotatable bonds is 19. The lowest BCUT2D eigenvalue weighted by Crippen LogP contribution is -2.61. The molecule has 0 aliphatic heterocycles. The lowest BCUT2D eigenvalue weighted by Gasteiger charge is -2.29. The summed E-state index contributed by atoms with van der Waals surface area (Å²) in [4.78, 5) is 64.5. The van der Waals surface area contributed by atoms with E-state index in [0.717, 1.165) is 0 Å².